The highest BCUT2D eigenvalue weighted by molar-refractivity contribution is 8.00. The molecule has 0 aliphatic carbocycles. The molecular weight excluding hydrogens is 440 g/mol. The van der Waals surface area contributed by atoms with Crippen LogP contribution in [0.3, 0.4) is 0 Å². The number of piperazine rings is 1. The van der Waals surface area contributed by atoms with Crippen LogP contribution in [0.25, 0.3) is 11.0 Å². The number of benzene rings is 1. The van der Waals surface area contributed by atoms with Gasteiger partial charge in [0.05, 0.1) is 0 Å². The fraction of sp³-hybridized carbons (Fsp3) is 0.500. The number of para-hydroxylation sites is 1. The normalized spacial score (nSPS) is 18.1. The number of thioether (sulfide) groups is 1. The number of thiazole rings is 1. The molecule has 6 nitrogen and oxygen atoms in total. The highest BCUT2D eigenvalue weighted by Crippen LogP contribution is 2.34. The van der Waals surface area contributed by atoms with E-state index in [9.17, 15) is 4.79 Å². The molecule has 0 saturated carbocycles. The molecule has 2 aliphatic rings. The summed E-state index contributed by atoms with van der Waals surface area (Å²) < 4.78 is 7.13. The van der Waals surface area contributed by atoms with Gasteiger partial charge in [-0.05, 0) is 38.9 Å². The standard InChI is InChI=1S/C24H30N4O2S2/c1-18-16-31-24(25-18)32-17-20-19-6-2-3-7-21(19)30-22(20)23(29)28-14-12-27(13-15-28)11-10-26-8-4-5-9-26/h2-3,6-7,16H,4-5,8-15,17H2,1H3. The predicted octanol–water partition coefficient (Wildman–Crippen LogP) is 4.34. The molecule has 5 rings (SSSR count). The lowest BCUT2D eigenvalue weighted by molar-refractivity contribution is 0.0597. The van der Waals surface area contributed by atoms with Gasteiger partial charge in [-0.2, -0.15) is 0 Å². The van der Waals surface area contributed by atoms with Crippen molar-refractivity contribution in [3.8, 4) is 0 Å². The van der Waals surface area contributed by atoms with Gasteiger partial charge in [0.2, 0.25) is 0 Å². The molecule has 8 heteroatoms. The summed E-state index contributed by atoms with van der Waals surface area (Å²) in [6, 6.07) is 7.96. The lowest BCUT2D eigenvalue weighted by Crippen LogP contribution is -2.50. The maximum Gasteiger partial charge on any atom is 0.290 e. The third-order valence-electron chi connectivity index (χ3n) is 6.42. The Balaban J connectivity index is 1.26. The number of carbonyl (C=O) groups excluding carboxylic acids is 1. The van der Waals surface area contributed by atoms with Crippen molar-refractivity contribution in [2.75, 3.05) is 52.4 Å². The Bertz CT molecular complexity index is 1070. The second-order valence-corrected chi connectivity index (χ2v) is 10.7. The topological polar surface area (TPSA) is 52.8 Å². The third kappa shape index (κ3) is 4.88. The van der Waals surface area contributed by atoms with Crippen molar-refractivity contribution in [1.29, 1.82) is 0 Å². The summed E-state index contributed by atoms with van der Waals surface area (Å²) in [6.45, 7) is 10.1. The Hall–Kier alpha value is -1.87. The molecule has 32 heavy (non-hydrogen) atoms. The molecule has 3 aromatic rings. The maximum atomic E-state index is 13.5. The van der Waals surface area contributed by atoms with Crippen LogP contribution in [-0.2, 0) is 5.75 Å². The SMILES string of the molecule is Cc1csc(SCc2c(C(=O)N3CCN(CCN4CCCC4)CC3)oc3ccccc23)n1. The molecule has 170 valence electrons. The zero-order valence-corrected chi connectivity index (χ0v) is 20.2. The molecule has 0 spiro atoms. The Morgan fingerprint density at radius 2 is 1.78 bits per heavy atom. The molecule has 1 aromatic carbocycles. The molecule has 2 aromatic heterocycles. The van der Waals surface area contributed by atoms with E-state index in [4.69, 9.17) is 4.42 Å². The number of hydrogen-bond donors (Lipinski definition) is 0. The lowest BCUT2D eigenvalue weighted by Gasteiger charge is -2.35. The Kier molecular flexibility index (Phi) is 6.83. The number of amides is 1. The van der Waals surface area contributed by atoms with Crippen LogP contribution in [0.1, 0.15) is 34.7 Å². The molecule has 2 fully saturated rings. The van der Waals surface area contributed by atoms with Crippen LogP contribution in [0.15, 0.2) is 38.4 Å². The average Bonchev–Trinajstić information content (AvgIpc) is 3.56. The number of aryl methyl sites for hydroxylation is 1. The molecule has 2 saturated heterocycles. The number of furan rings is 1. The summed E-state index contributed by atoms with van der Waals surface area (Å²) in [5.41, 5.74) is 2.80. The van der Waals surface area contributed by atoms with Gasteiger partial charge in [-0.3, -0.25) is 9.69 Å². The van der Waals surface area contributed by atoms with E-state index >= 15 is 0 Å². The first kappa shape index (κ1) is 21.9. The number of fused-ring (bicyclic) bond motifs is 1. The highest BCUT2D eigenvalue weighted by Gasteiger charge is 2.28. The van der Waals surface area contributed by atoms with E-state index in [-0.39, 0.29) is 5.91 Å². The maximum absolute atomic E-state index is 13.5. The first-order chi connectivity index (χ1) is 15.7. The summed E-state index contributed by atoms with van der Waals surface area (Å²) in [6.07, 6.45) is 2.67. The summed E-state index contributed by atoms with van der Waals surface area (Å²) in [5, 5.41) is 3.09. The van der Waals surface area contributed by atoms with Gasteiger partial charge < -0.3 is 14.2 Å². The number of rotatable bonds is 7. The van der Waals surface area contributed by atoms with Crippen molar-refractivity contribution in [1.82, 2.24) is 19.7 Å². The van der Waals surface area contributed by atoms with Crippen LogP contribution in [0.4, 0.5) is 0 Å². The smallest absolute Gasteiger partial charge is 0.290 e. The van der Waals surface area contributed by atoms with Crippen molar-refractivity contribution >= 4 is 40.0 Å². The van der Waals surface area contributed by atoms with Crippen molar-refractivity contribution in [3.05, 3.63) is 46.7 Å². The van der Waals surface area contributed by atoms with E-state index in [1.54, 1.807) is 23.1 Å². The van der Waals surface area contributed by atoms with E-state index in [0.717, 1.165) is 65.8 Å². The van der Waals surface area contributed by atoms with Crippen LogP contribution in [0.2, 0.25) is 0 Å². The van der Waals surface area contributed by atoms with Gasteiger partial charge >= 0.3 is 0 Å². The van der Waals surface area contributed by atoms with E-state index in [2.05, 4.69) is 26.2 Å². The van der Waals surface area contributed by atoms with Crippen LogP contribution in [0.5, 0.6) is 0 Å². The van der Waals surface area contributed by atoms with Crippen molar-refractivity contribution < 1.29 is 9.21 Å². The second kappa shape index (κ2) is 9.95. The van der Waals surface area contributed by atoms with Gasteiger partial charge in [0, 0.05) is 67.0 Å². The zero-order chi connectivity index (χ0) is 21.9. The Labute approximate surface area is 197 Å². The first-order valence-electron chi connectivity index (χ1n) is 11.5. The zero-order valence-electron chi connectivity index (χ0n) is 18.6. The van der Waals surface area contributed by atoms with E-state index in [1.165, 1.54) is 25.9 Å². The van der Waals surface area contributed by atoms with Crippen LogP contribution in [-0.4, -0.2) is 77.9 Å². The van der Waals surface area contributed by atoms with E-state index < -0.39 is 0 Å². The van der Waals surface area contributed by atoms with Gasteiger partial charge in [0.25, 0.3) is 5.91 Å². The van der Waals surface area contributed by atoms with Crippen LogP contribution < -0.4 is 0 Å². The molecule has 0 N–H and O–H groups in total. The van der Waals surface area contributed by atoms with Crippen LogP contribution >= 0.6 is 23.1 Å². The largest absolute Gasteiger partial charge is 0.451 e. The Morgan fingerprint density at radius 1 is 1.06 bits per heavy atom. The van der Waals surface area contributed by atoms with Gasteiger partial charge in [-0.25, -0.2) is 4.98 Å². The van der Waals surface area contributed by atoms with Gasteiger partial charge in [0.1, 0.15) is 9.92 Å². The fourth-order valence-corrected chi connectivity index (χ4v) is 6.43. The molecule has 2 aliphatic heterocycles. The lowest BCUT2D eigenvalue weighted by atomic mass is 10.1. The molecule has 1 amide bonds. The number of aromatic nitrogens is 1. The van der Waals surface area contributed by atoms with Gasteiger partial charge in [-0.1, -0.05) is 30.0 Å². The first-order valence-corrected chi connectivity index (χ1v) is 13.3. The summed E-state index contributed by atoms with van der Waals surface area (Å²) in [4.78, 5) is 25.0. The van der Waals surface area contributed by atoms with Crippen molar-refractivity contribution in [2.45, 2.75) is 29.9 Å². The van der Waals surface area contributed by atoms with E-state index in [1.807, 2.05) is 30.0 Å². The van der Waals surface area contributed by atoms with Crippen LogP contribution in [0, 0.1) is 6.92 Å². The second-order valence-electron chi connectivity index (χ2n) is 8.63. The highest BCUT2D eigenvalue weighted by atomic mass is 32.2. The Morgan fingerprint density at radius 3 is 2.50 bits per heavy atom. The predicted molar refractivity (Wildman–Crippen MR) is 131 cm³/mol. The van der Waals surface area contributed by atoms with E-state index in [0.29, 0.717) is 11.5 Å². The van der Waals surface area contributed by atoms with Gasteiger partial charge in [-0.15, -0.1) is 11.3 Å². The third-order valence-corrected chi connectivity index (χ3v) is 8.59. The molecule has 0 unspecified atom stereocenters. The molecule has 4 heterocycles. The van der Waals surface area contributed by atoms with Gasteiger partial charge in [0.15, 0.2) is 5.76 Å². The minimum atomic E-state index is 0.0197. The fourth-order valence-electron chi connectivity index (χ4n) is 4.55. The molecule has 0 bridgehead atoms. The van der Waals surface area contributed by atoms with Crippen molar-refractivity contribution in [2.24, 2.45) is 0 Å². The molecular formula is C24H30N4O2S2. The molecule has 0 atom stereocenters. The summed E-state index contributed by atoms with van der Waals surface area (Å²) in [5.74, 6) is 1.20. The monoisotopic (exact) mass is 470 g/mol. The summed E-state index contributed by atoms with van der Waals surface area (Å²) in [7, 11) is 0. The minimum Gasteiger partial charge on any atom is -0.451 e. The number of hydrogen-bond acceptors (Lipinski definition) is 7. The number of likely N-dealkylation sites (tertiary alicyclic amines) is 1. The number of nitrogens with zero attached hydrogens (tertiary/aromatic N) is 4. The minimum absolute atomic E-state index is 0.0197. The van der Waals surface area contributed by atoms with Crippen molar-refractivity contribution in [3.63, 3.8) is 0 Å². The quantitative estimate of drug-likeness (QED) is 0.479. The average molecular weight is 471 g/mol. The molecule has 0 radical (unpaired) electrons. The number of carbonyl (C=O) groups is 1. The summed E-state index contributed by atoms with van der Waals surface area (Å²) >= 11 is 3.32.